The zero-order valence-corrected chi connectivity index (χ0v) is 16.4. The second kappa shape index (κ2) is 8.14. The minimum absolute atomic E-state index is 0.214. The molecule has 3 aliphatic heterocycles. The number of allylic oxidation sites excluding steroid dienone is 2. The predicted molar refractivity (Wildman–Crippen MR) is 104 cm³/mol. The Kier molecular flexibility index (Phi) is 5.58. The number of hydrogen-bond donors (Lipinski definition) is 2. The maximum atomic E-state index is 13.3. The minimum atomic E-state index is -0.735. The van der Waals surface area contributed by atoms with E-state index in [1.807, 2.05) is 11.9 Å². The molecule has 1 aromatic rings. The lowest BCUT2D eigenvalue weighted by Crippen LogP contribution is -2.62. The topological polar surface area (TPSA) is 88.3 Å². The molecule has 8 heteroatoms. The van der Waals surface area contributed by atoms with Gasteiger partial charge in [-0.2, -0.15) is 0 Å². The van der Waals surface area contributed by atoms with E-state index < -0.39 is 12.0 Å². The Bertz CT molecular complexity index is 839. The van der Waals surface area contributed by atoms with Crippen molar-refractivity contribution in [2.24, 2.45) is 5.73 Å². The monoisotopic (exact) mass is 403 g/mol. The third-order valence-corrected chi connectivity index (χ3v) is 5.73. The van der Waals surface area contributed by atoms with Gasteiger partial charge in [-0.05, 0) is 37.2 Å². The van der Waals surface area contributed by atoms with Crippen molar-refractivity contribution in [2.75, 3.05) is 33.4 Å². The number of carbonyl (C=O) groups is 1. The highest BCUT2D eigenvalue weighted by Crippen LogP contribution is 2.36. The molecule has 2 saturated heterocycles. The fourth-order valence-corrected chi connectivity index (χ4v) is 4.29. The molecule has 156 valence electrons. The summed E-state index contributed by atoms with van der Waals surface area (Å²) in [5, 5.41) is 10.6. The van der Waals surface area contributed by atoms with Crippen molar-refractivity contribution >= 4 is 5.91 Å². The van der Waals surface area contributed by atoms with E-state index in [0.29, 0.717) is 38.3 Å². The number of aliphatic hydroxyl groups excluding tert-OH is 1. The Morgan fingerprint density at radius 3 is 2.76 bits per heavy atom. The van der Waals surface area contributed by atoms with Crippen molar-refractivity contribution in [3.63, 3.8) is 0 Å². The smallest absolute Gasteiger partial charge is 0.265 e. The third-order valence-electron chi connectivity index (χ3n) is 5.73. The summed E-state index contributed by atoms with van der Waals surface area (Å²) in [5.74, 6) is -0.111. The van der Waals surface area contributed by atoms with Gasteiger partial charge < -0.3 is 25.2 Å². The maximum Gasteiger partial charge on any atom is 0.265 e. The van der Waals surface area contributed by atoms with Gasteiger partial charge in [-0.3, -0.25) is 9.69 Å². The van der Waals surface area contributed by atoms with Crippen LogP contribution < -0.4 is 5.73 Å². The molecule has 2 fully saturated rings. The molecular weight excluding hydrogens is 377 g/mol. The first-order chi connectivity index (χ1) is 14.0. The average Bonchev–Trinajstić information content (AvgIpc) is 2.70. The van der Waals surface area contributed by atoms with E-state index in [1.165, 1.54) is 12.1 Å². The van der Waals surface area contributed by atoms with Crippen LogP contribution in [0.1, 0.15) is 12.0 Å². The molecule has 1 amide bonds. The van der Waals surface area contributed by atoms with Crippen LogP contribution in [0.3, 0.4) is 0 Å². The van der Waals surface area contributed by atoms with Crippen LogP contribution in [0.15, 0.2) is 47.4 Å². The summed E-state index contributed by atoms with van der Waals surface area (Å²) in [6.07, 6.45) is 1.74. The second-order valence-corrected chi connectivity index (χ2v) is 7.69. The lowest BCUT2D eigenvalue weighted by atomic mass is 9.93. The number of nitrogens with zero attached hydrogens (tertiary/aromatic N) is 2. The first-order valence-corrected chi connectivity index (χ1v) is 9.82. The zero-order chi connectivity index (χ0) is 20.5. The van der Waals surface area contributed by atoms with E-state index in [0.717, 1.165) is 16.9 Å². The summed E-state index contributed by atoms with van der Waals surface area (Å²) in [6, 6.07) is 5.96. The fourth-order valence-electron chi connectivity index (χ4n) is 4.29. The van der Waals surface area contributed by atoms with Gasteiger partial charge >= 0.3 is 0 Å². The van der Waals surface area contributed by atoms with Gasteiger partial charge in [-0.25, -0.2) is 4.39 Å². The molecule has 0 bridgehead atoms. The van der Waals surface area contributed by atoms with Gasteiger partial charge in [-0.1, -0.05) is 12.1 Å². The average molecular weight is 403 g/mol. The summed E-state index contributed by atoms with van der Waals surface area (Å²) >= 11 is 0. The molecule has 0 aromatic heterocycles. The van der Waals surface area contributed by atoms with Gasteiger partial charge in [0, 0.05) is 25.1 Å². The molecule has 7 nitrogen and oxygen atoms in total. The SMILES string of the molecule is CN1CCOC2=C(Cc3ccc(F)cc3)C=C(C(N)=O)N(C3CCOCC3O)C21. The third kappa shape index (κ3) is 3.88. The van der Waals surface area contributed by atoms with Crippen molar-refractivity contribution in [2.45, 2.75) is 31.2 Å². The second-order valence-electron chi connectivity index (χ2n) is 7.69. The summed E-state index contributed by atoms with van der Waals surface area (Å²) in [7, 11) is 1.96. The number of primary amides is 1. The van der Waals surface area contributed by atoms with Gasteiger partial charge in [-0.15, -0.1) is 0 Å². The Labute approximate surface area is 169 Å². The quantitative estimate of drug-likeness (QED) is 0.771. The Balaban J connectivity index is 1.76. The van der Waals surface area contributed by atoms with Crippen molar-refractivity contribution in [3.8, 4) is 0 Å². The fraction of sp³-hybridized carbons (Fsp3) is 0.476. The molecule has 3 N–H and O–H groups in total. The number of fused-ring (bicyclic) bond motifs is 1. The van der Waals surface area contributed by atoms with E-state index in [9.17, 15) is 14.3 Å². The van der Waals surface area contributed by atoms with Gasteiger partial charge in [0.2, 0.25) is 0 Å². The van der Waals surface area contributed by atoms with Crippen LogP contribution in [-0.2, 0) is 20.7 Å². The number of benzene rings is 1. The van der Waals surface area contributed by atoms with Gasteiger partial charge in [0.05, 0.1) is 18.8 Å². The lowest BCUT2D eigenvalue weighted by Gasteiger charge is -2.50. The zero-order valence-electron chi connectivity index (χ0n) is 16.4. The van der Waals surface area contributed by atoms with Crippen molar-refractivity contribution in [1.82, 2.24) is 9.80 Å². The molecule has 0 saturated carbocycles. The molecular formula is C21H26FN3O4. The van der Waals surface area contributed by atoms with Gasteiger partial charge in [0.1, 0.15) is 30.0 Å². The highest BCUT2D eigenvalue weighted by molar-refractivity contribution is 5.92. The highest BCUT2D eigenvalue weighted by atomic mass is 19.1. The highest BCUT2D eigenvalue weighted by Gasteiger charge is 2.44. The first kappa shape index (κ1) is 19.9. The standard InChI is InChI=1S/C21H26FN3O4/c1-24-7-9-29-19-14(10-13-2-4-15(22)5-3-13)11-17(20(23)27)25(21(19)24)16-6-8-28-12-18(16)26/h2-5,11,16,18,21,26H,6-10,12H2,1H3,(H2,23,27). The molecule has 3 unspecified atom stereocenters. The van der Waals surface area contributed by atoms with Crippen LogP contribution in [0.5, 0.6) is 0 Å². The maximum absolute atomic E-state index is 13.3. The first-order valence-electron chi connectivity index (χ1n) is 9.82. The van der Waals surface area contributed by atoms with Crippen LogP contribution in [0.25, 0.3) is 0 Å². The van der Waals surface area contributed by atoms with Crippen molar-refractivity contribution in [1.29, 1.82) is 0 Å². The Hall–Kier alpha value is -2.42. The van der Waals surface area contributed by atoms with Crippen LogP contribution in [0, 0.1) is 5.82 Å². The molecule has 3 atom stereocenters. The van der Waals surface area contributed by atoms with E-state index >= 15 is 0 Å². The molecule has 3 heterocycles. The van der Waals surface area contributed by atoms with E-state index in [1.54, 1.807) is 18.2 Å². The molecule has 0 spiro atoms. The lowest BCUT2D eigenvalue weighted by molar-refractivity contribution is -0.124. The number of carbonyl (C=O) groups excluding carboxylic acids is 1. The summed E-state index contributed by atoms with van der Waals surface area (Å²) in [6.45, 7) is 1.92. The predicted octanol–water partition coefficient (Wildman–Crippen LogP) is 0.745. The number of halogens is 1. The number of aliphatic hydroxyl groups is 1. The van der Waals surface area contributed by atoms with E-state index in [-0.39, 0.29) is 24.6 Å². The Morgan fingerprint density at radius 1 is 1.31 bits per heavy atom. The number of likely N-dealkylation sites (N-methyl/N-ethyl adjacent to an activating group) is 1. The number of amides is 1. The number of rotatable bonds is 4. The number of hydrogen-bond acceptors (Lipinski definition) is 6. The molecule has 3 aliphatic rings. The normalized spacial score (nSPS) is 27.9. The molecule has 4 rings (SSSR count). The number of ether oxygens (including phenoxy) is 2. The summed E-state index contributed by atoms with van der Waals surface area (Å²) < 4.78 is 24.7. The van der Waals surface area contributed by atoms with Crippen molar-refractivity contribution in [3.05, 3.63) is 58.8 Å². The molecule has 0 radical (unpaired) electrons. The van der Waals surface area contributed by atoms with E-state index in [2.05, 4.69) is 4.90 Å². The number of morpholine rings is 1. The summed E-state index contributed by atoms with van der Waals surface area (Å²) in [5.41, 5.74) is 7.85. The van der Waals surface area contributed by atoms with Crippen molar-refractivity contribution < 1.29 is 23.8 Å². The molecule has 1 aromatic carbocycles. The molecule has 29 heavy (non-hydrogen) atoms. The number of nitrogens with two attached hydrogens (primary N) is 1. The van der Waals surface area contributed by atoms with Gasteiger partial charge in [0.15, 0.2) is 0 Å². The van der Waals surface area contributed by atoms with Crippen LogP contribution >= 0.6 is 0 Å². The van der Waals surface area contributed by atoms with Crippen LogP contribution in [0.4, 0.5) is 4.39 Å². The van der Waals surface area contributed by atoms with E-state index in [4.69, 9.17) is 15.2 Å². The molecule has 0 aliphatic carbocycles. The minimum Gasteiger partial charge on any atom is -0.493 e. The van der Waals surface area contributed by atoms with Crippen LogP contribution in [0.2, 0.25) is 0 Å². The summed E-state index contributed by atoms with van der Waals surface area (Å²) in [4.78, 5) is 16.4. The largest absolute Gasteiger partial charge is 0.493 e. The van der Waals surface area contributed by atoms with Gasteiger partial charge in [0.25, 0.3) is 5.91 Å². The Morgan fingerprint density at radius 2 is 2.07 bits per heavy atom. The van der Waals surface area contributed by atoms with Crippen LogP contribution in [-0.4, -0.2) is 72.5 Å².